The summed E-state index contributed by atoms with van der Waals surface area (Å²) >= 11 is 0. The number of nitrogens with one attached hydrogen (secondary N) is 1. The molecule has 1 aliphatic heterocycles. The second-order valence-corrected chi connectivity index (χ2v) is 5.37. The second kappa shape index (κ2) is 6.14. The molecule has 2 aromatic rings. The average Bonchev–Trinajstić information content (AvgIpc) is 2.54. The van der Waals surface area contributed by atoms with E-state index in [0.29, 0.717) is 11.9 Å². The monoisotopic (exact) mass is 283 g/mol. The maximum atomic E-state index is 5.26. The highest BCUT2D eigenvalue weighted by Gasteiger charge is 2.25. The largest absolute Gasteiger partial charge is 0.481 e. The Morgan fingerprint density at radius 1 is 1.29 bits per heavy atom. The highest BCUT2D eigenvalue weighted by Crippen LogP contribution is 2.29. The first kappa shape index (κ1) is 13.9. The zero-order valence-electron chi connectivity index (χ0n) is 12.5. The van der Waals surface area contributed by atoms with Gasteiger partial charge in [0.15, 0.2) is 0 Å². The molecule has 4 nitrogen and oxygen atoms in total. The van der Waals surface area contributed by atoms with E-state index in [4.69, 9.17) is 4.74 Å². The first-order chi connectivity index (χ1) is 10.3. The van der Waals surface area contributed by atoms with E-state index in [0.717, 1.165) is 25.2 Å². The molecule has 0 fully saturated rings. The number of hydrogen-bond acceptors (Lipinski definition) is 4. The Bertz CT molecular complexity index is 614. The van der Waals surface area contributed by atoms with Crippen molar-refractivity contribution in [3.05, 3.63) is 53.7 Å². The lowest BCUT2D eigenvalue weighted by Crippen LogP contribution is -2.45. The maximum absolute atomic E-state index is 5.26. The van der Waals surface area contributed by atoms with Crippen LogP contribution in [0.5, 0.6) is 5.88 Å². The summed E-state index contributed by atoms with van der Waals surface area (Å²) in [4.78, 5) is 6.64. The Hall–Kier alpha value is -2.07. The van der Waals surface area contributed by atoms with E-state index in [1.165, 1.54) is 11.1 Å². The fraction of sp³-hybridized carbons (Fsp3) is 0.353. The van der Waals surface area contributed by atoms with Gasteiger partial charge in [0, 0.05) is 37.1 Å². The molecule has 0 amide bonds. The van der Waals surface area contributed by atoms with Gasteiger partial charge in [-0.3, -0.25) is 0 Å². The van der Waals surface area contributed by atoms with E-state index in [1.54, 1.807) is 7.11 Å². The Balaban J connectivity index is 1.94. The van der Waals surface area contributed by atoms with E-state index >= 15 is 0 Å². The minimum absolute atomic E-state index is 0.442. The first-order valence-electron chi connectivity index (χ1n) is 7.30. The van der Waals surface area contributed by atoms with Gasteiger partial charge in [-0.25, -0.2) is 4.98 Å². The molecule has 21 heavy (non-hydrogen) atoms. The summed E-state index contributed by atoms with van der Waals surface area (Å²) in [5, 5.41) is 3.31. The molecule has 2 heterocycles. The fourth-order valence-electron chi connectivity index (χ4n) is 3.00. The fourth-order valence-corrected chi connectivity index (χ4v) is 3.00. The number of anilines is 1. The van der Waals surface area contributed by atoms with Crippen LogP contribution < -0.4 is 15.0 Å². The van der Waals surface area contributed by atoms with Crippen LogP contribution in [-0.4, -0.2) is 31.7 Å². The average molecular weight is 283 g/mol. The number of fused-ring (bicyclic) bond motifs is 1. The van der Waals surface area contributed by atoms with Crippen LogP contribution in [0.25, 0.3) is 0 Å². The molecule has 4 heteroatoms. The van der Waals surface area contributed by atoms with Crippen LogP contribution in [0.3, 0.4) is 0 Å². The van der Waals surface area contributed by atoms with Crippen molar-refractivity contribution in [3.63, 3.8) is 0 Å². The lowest BCUT2D eigenvalue weighted by Gasteiger charge is -2.38. The summed E-state index contributed by atoms with van der Waals surface area (Å²) in [5.41, 5.74) is 4.02. The lowest BCUT2D eigenvalue weighted by atomic mass is 9.93. The molecule has 1 atom stereocenters. The van der Waals surface area contributed by atoms with Crippen LogP contribution in [0.1, 0.15) is 11.1 Å². The summed E-state index contributed by atoms with van der Waals surface area (Å²) < 4.78 is 5.26. The van der Waals surface area contributed by atoms with Crippen LogP contribution >= 0.6 is 0 Å². The van der Waals surface area contributed by atoms with Crippen LogP contribution in [0.2, 0.25) is 0 Å². The standard InChI is InChI=1S/C17H21N3O/c1-18-11-16-9-13-5-3-4-6-14(13)12-20(16)15-7-8-19-17(10-15)21-2/h3-8,10,16,18H,9,11-12H2,1-2H3. The number of benzene rings is 1. The zero-order chi connectivity index (χ0) is 14.7. The molecule has 1 aromatic carbocycles. The number of hydrogen-bond donors (Lipinski definition) is 1. The van der Waals surface area contributed by atoms with Crippen molar-refractivity contribution in [1.82, 2.24) is 10.3 Å². The van der Waals surface area contributed by atoms with Gasteiger partial charge in [-0.1, -0.05) is 24.3 Å². The third-order valence-electron chi connectivity index (χ3n) is 4.05. The normalized spacial score (nSPS) is 17.4. The Labute approximate surface area is 125 Å². The van der Waals surface area contributed by atoms with Gasteiger partial charge in [0.25, 0.3) is 0 Å². The van der Waals surface area contributed by atoms with E-state index < -0.39 is 0 Å². The predicted molar refractivity (Wildman–Crippen MR) is 84.8 cm³/mol. The molecule has 1 N–H and O–H groups in total. The van der Waals surface area contributed by atoms with Crippen LogP contribution in [0, 0.1) is 0 Å². The van der Waals surface area contributed by atoms with Gasteiger partial charge in [0.2, 0.25) is 5.88 Å². The van der Waals surface area contributed by atoms with Crippen molar-refractivity contribution in [2.24, 2.45) is 0 Å². The number of aromatic nitrogens is 1. The van der Waals surface area contributed by atoms with Crippen LogP contribution in [-0.2, 0) is 13.0 Å². The molecular formula is C17H21N3O. The van der Waals surface area contributed by atoms with Crippen molar-refractivity contribution >= 4 is 5.69 Å². The molecule has 0 aliphatic carbocycles. The number of methoxy groups -OCH3 is 1. The highest BCUT2D eigenvalue weighted by atomic mass is 16.5. The molecule has 0 spiro atoms. The molecule has 1 unspecified atom stereocenters. The van der Waals surface area contributed by atoms with Gasteiger partial charge < -0.3 is 15.0 Å². The van der Waals surface area contributed by atoms with Crippen molar-refractivity contribution in [2.45, 2.75) is 19.0 Å². The third kappa shape index (κ3) is 2.85. The molecule has 1 aromatic heterocycles. The van der Waals surface area contributed by atoms with Crippen LogP contribution in [0.15, 0.2) is 42.6 Å². The first-order valence-corrected chi connectivity index (χ1v) is 7.30. The Kier molecular flexibility index (Phi) is 4.06. The lowest BCUT2D eigenvalue weighted by molar-refractivity contribution is 0.397. The van der Waals surface area contributed by atoms with Gasteiger partial charge in [0.1, 0.15) is 0 Å². The minimum atomic E-state index is 0.442. The summed E-state index contributed by atoms with van der Waals surface area (Å²) in [6, 6.07) is 13.2. The van der Waals surface area contributed by atoms with Gasteiger partial charge in [0.05, 0.1) is 7.11 Å². The van der Waals surface area contributed by atoms with E-state index in [1.807, 2.05) is 19.3 Å². The molecule has 0 bridgehead atoms. The van der Waals surface area contributed by atoms with Crippen LogP contribution in [0.4, 0.5) is 5.69 Å². The van der Waals surface area contributed by atoms with E-state index in [-0.39, 0.29) is 0 Å². The minimum Gasteiger partial charge on any atom is -0.481 e. The molecule has 3 rings (SSSR count). The van der Waals surface area contributed by atoms with Gasteiger partial charge in [-0.15, -0.1) is 0 Å². The number of rotatable bonds is 4. The molecule has 0 saturated carbocycles. The smallest absolute Gasteiger partial charge is 0.214 e. The van der Waals surface area contributed by atoms with Crippen molar-refractivity contribution in [2.75, 3.05) is 25.6 Å². The number of pyridine rings is 1. The molecule has 1 aliphatic rings. The number of nitrogens with zero attached hydrogens (tertiary/aromatic N) is 2. The van der Waals surface area contributed by atoms with Crippen molar-refractivity contribution < 1.29 is 4.74 Å². The SMILES string of the molecule is CNCC1Cc2ccccc2CN1c1ccnc(OC)c1. The Morgan fingerprint density at radius 2 is 2.10 bits per heavy atom. The number of ether oxygens (including phenoxy) is 1. The maximum Gasteiger partial charge on any atom is 0.214 e. The Morgan fingerprint density at radius 3 is 2.86 bits per heavy atom. The van der Waals surface area contributed by atoms with E-state index in [9.17, 15) is 0 Å². The summed E-state index contributed by atoms with van der Waals surface area (Å²) in [6.07, 6.45) is 2.87. The molecular weight excluding hydrogens is 262 g/mol. The predicted octanol–water partition coefficient (Wildman–Crippen LogP) is 2.24. The van der Waals surface area contributed by atoms with Gasteiger partial charge in [-0.05, 0) is 30.7 Å². The van der Waals surface area contributed by atoms with Gasteiger partial charge in [-0.2, -0.15) is 0 Å². The molecule has 110 valence electrons. The van der Waals surface area contributed by atoms with Crippen molar-refractivity contribution in [1.29, 1.82) is 0 Å². The summed E-state index contributed by atoms with van der Waals surface area (Å²) in [6.45, 7) is 1.88. The molecule has 0 saturated heterocycles. The third-order valence-corrected chi connectivity index (χ3v) is 4.05. The van der Waals surface area contributed by atoms with Crippen molar-refractivity contribution in [3.8, 4) is 5.88 Å². The number of likely N-dealkylation sites (N-methyl/N-ethyl adjacent to an activating group) is 1. The quantitative estimate of drug-likeness (QED) is 0.934. The molecule has 0 radical (unpaired) electrons. The summed E-state index contributed by atoms with van der Waals surface area (Å²) in [5.74, 6) is 0.662. The van der Waals surface area contributed by atoms with Gasteiger partial charge >= 0.3 is 0 Å². The zero-order valence-corrected chi connectivity index (χ0v) is 12.5. The topological polar surface area (TPSA) is 37.4 Å². The summed E-state index contributed by atoms with van der Waals surface area (Å²) in [7, 11) is 3.66. The highest BCUT2D eigenvalue weighted by molar-refractivity contribution is 5.52. The van der Waals surface area contributed by atoms with E-state index in [2.05, 4.69) is 45.5 Å². The second-order valence-electron chi connectivity index (χ2n) is 5.37.